The van der Waals surface area contributed by atoms with Crippen LogP contribution in [0.25, 0.3) is 0 Å². The van der Waals surface area contributed by atoms with E-state index in [1.165, 1.54) is 12.1 Å². The second-order valence-electron chi connectivity index (χ2n) is 7.98. The first kappa shape index (κ1) is 24.0. The maximum Gasteiger partial charge on any atom is 0.293 e. The predicted octanol–water partition coefficient (Wildman–Crippen LogP) is 2.53. The van der Waals surface area contributed by atoms with Crippen molar-refractivity contribution in [2.45, 2.75) is 37.6 Å². The summed E-state index contributed by atoms with van der Waals surface area (Å²) in [5, 5.41) is 11.7. The molecule has 3 rings (SSSR count). The number of nitro groups is 1. The molecular formula is C20H26N4O6S2. The molecule has 2 aromatic rings. The highest BCUT2D eigenvalue weighted by Crippen LogP contribution is 2.33. The Morgan fingerprint density at radius 2 is 1.69 bits per heavy atom. The molecule has 1 heterocycles. The minimum atomic E-state index is -4.03. The first-order chi connectivity index (χ1) is 14.9. The smallest absolute Gasteiger partial charge is 0.293 e. The number of aryl methyl sites for hydroxylation is 2. The molecule has 2 N–H and O–H groups in total. The van der Waals surface area contributed by atoms with E-state index in [1.807, 2.05) is 13.0 Å². The van der Waals surface area contributed by atoms with Crippen LogP contribution in [-0.2, 0) is 20.0 Å². The van der Waals surface area contributed by atoms with Crippen LogP contribution in [0, 0.1) is 24.0 Å². The first-order valence-electron chi connectivity index (χ1n) is 9.96. The van der Waals surface area contributed by atoms with Gasteiger partial charge in [0.2, 0.25) is 10.0 Å². The van der Waals surface area contributed by atoms with Crippen LogP contribution >= 0.6 is 0 Å². The number of nitrogens with one attached hydrogen (secondary N) is 2. The predicted molar refractivity (Wildman–Crippen MR) is 123 cm³/mol. The van der Waals surface area contributed by atoms with Crippen molar-refractivity contribution >= 4 is 37.1 Å². The van der Waals surface area contributed by atoms with Crippen LogP contribution in [0.5, 0.6) is 0 Å². The zero-order valence-corrected chi connectivity index (χ0v) is 19.7. The Kier molecular flexibility index (Phi) is 6.77. The number of nitrogens with zero attached hydrogens (tertiary/aromatic N) is 2. The normalized spacial score (nSPS) is 15.5. The maximum absolute atomic E-state index is 12.9. The Morgan fingerprint density at radius 3 is 2.25 bits per heavy atom. The lowest BCUT2D eigenvalue weighted by Gasteiger charge is -2.33. The summed E-state index contributed by atoms with van der Waals surface area (Å²) in [6.07, 6.45) is 2.06. The molecule has 174 valence electrons. The SMILES string of the molecule is Cc1ccc(NS(=O)(=O)c2ccc(N3CCC(NS(C)(=O)=O)CC3)c([N+](=O)[O-])c2)c(C)c1. The van der Waals surface area contributed by atoms with E-state index in [1.54, 1.807) is 24.0 Å². The monoisotopic (exact) mass is 482 g/mol. The van der Waals surface area contributed by atoms with Crippen molar-refractivity contribution < 1.29 is 21.8 Å². The van der Waals surface area contributed by atoms with Gasteiger partial charge in [0.15, 0.2) is 0 Å². The van der Waals surface area contributed by atoms with Crippen LogP contribution < -0.4 is 14.3 Å². The lowest BCUT2D eigenvalue weighted by molar-refractivity contribution is -0.384. The molecule has 0 bridgehead atoms. The van der Waals surface area contributed by atoms with Crippen molar-refractivity contribution in [1.29, 1.82) is 0 Å². The van der Waals surface area contributed by atoms with Crippen molar-refractivity contribution in [2.24, 2.45) is 0 Å². The van der Waals surface area contributed by atoms with Gasteiger partial charge >= 0.3 is 0 Å². The van der Waals surface area contributed by atoms with Crippen LogP contribution in [0.4, 0.5) is 17.1 Å². The Balaban J connectivity index is 1.84. The molecule has 0 unspecified atom stereocenters. The van der Waals surface area contributed by atoms with E-state index < -0.39 is 25.0 Å². The second-order valence-corrected chi connectivity index (χ2v) is 11.4. The number of piperidine rings is 1. The molecule has 1 fully saturated rings. The highest BCUT2D eigenvalue weighted by molar-refractivity contribution is 7.92. The van der Waals surface area contributed by atoms with Gasteiger partial charge in [-0.25, -0.2) is 21.6 Å². The van der Waals surface area contributed by atoms with Crippen molar-refractivity contribution in [2.75, 3.05) is 29.0 Å². The lowest BCUT2D eigenvalue weighted by Crippen LogP contribution is -2.44. The Labute approximate surface area is 187 Å². The standard InChI is InChI=1S/C20H26N4O6S2/c1-14-4-6-18(15(2)12-14)22-32(29,30)17-5-7-19(20(13-17)24(25)26)23-10-8-16(9-11-23)21-31(3,27)28/h4-7,12-13,16,21-22H,8-11H2,1-3H3. The van der Waals surface area contributed by atoms with Gasteiger partial charge < -0.3 is 4.90 Å². The van der Waals surface area contributed by atoms with Gasteiger partial charge in [-0.2, -0.15) is 0 Å². The first-order valence-corrected chi connectivity index (χ1v) is 13.3. The summed E-state index contributed by atoms with van der Waals surface area (Å²) >= 11 is 0. The van der Waals surface area contributed by atoms with Crippen LogP contribution in [0.1, 0.15) is 24.0 Å². The van der Waals surface area contributed by atoms with Gasteiger partial charge in [0.05, 0.1) is 21.8 Å². The van der Waals surface area contributed by atoms with Crippen LogP contribution in [0.3, 0.4) is 0 Å². The highest BCUT2D eigenvalue weighted by Gasteiger charge is 2.28. The number of nitro benzene ring substituents is 1. The molecule has 0 spiro atoms. The van der Waals surface area contributed by atoms with Crippen LogP contribution in [0.2, 0.25) is 0 Å². The molecule has 0 saturated carbocycles. The number of hydrogen-bond acceptors (Lipinski definition) is 7. The Hall–Kier alpha value is -2.70. The minimum Gasteiger partial charge on any atom is -0.366 e. The van der Waals surface area contributed by atoms with E-state index in [9.17, 15) is 26.9 Å². The minimum absolute atomic E-state index is 0.207. The van der Waals surface area contributed by atoms with E-state index in [2.05, 4.69) is 9.44 Å². The van der Waals surface area contributed by atoms with Crippen molar-refractivity contribution in [3.63, 3.8) is 0 Å². The van der Waals surface area contributed by atoms with Crippen molar-refractivity contribution in [1.82, 2.24) is 4.72 Å². The highest BCUT2D eigenvalue weighted by atomic mass is 32.2. The Bertz CT molecular complexity index is 1240. The fourth-order valence-corrected chi connectivity index (χ4v) is 5.75. The van der Waals surface area contributed by atoms with E-state index in [0.717, 1.165) is 23.4 Å². The molecule has 0 radical (unpaired) electrons. The largest absolute Gasteiger partial charge is 0.366 e. The van der Waals surface area contributed by atoms with E-state index in [-0.39, 0.29) is 16.6 Å². The Morgan fingerprint density at radius 1 is 1.03 bits per heavy atom. The zero-order valence-electron chi connectivity index (χ0n) is 18.0. The summed E-state index contributed by atoms with van der Waals surface area (Å²) in [5.41, 5.74) is 2.12. The molecule has 0 atom stereocenters. The zero-order chi connectivity index (χ0) is 23.7. The molecule has 0 aromatic heterocycles. The van der Waals surface area contributed by atoms with E-state index in [4.69, 9.17) is 0 Å². The molecule has 1 saturated heterocycles. The number of sulfonamides is 2. The molecule has 12 heteroatoms. The quantitative estimate of drug-likeness (QED) is 0.457. The second kappa shape index (κ2) is 9.04. The summed E-state index contributed by atoms with van der Waals surface area (Å²) in [4.78, 5) is 12.7. The summed E-state index contributed by atoms with van der Waals surface area (Å²) in [6.45, 7) is 4.48. The van der Waals surface area contributed by atoms with Gasteiger partial charge in [-0.3, -0.25) is 14.8 Å². The number of rotatable bonds is 7. The molecule has 1 aliphatic heterocycles. The fraction of sp³-hybridized carbons (Fsp3) is 0.400. The van der Waals surface area contributed by atoms with Gasteiger partial charge in [0.1, 0.15) is 5.69 Å². The van der Waals surface area contributed by atoms with Gasteiger partial charge in [-0.15, -0.1) is 0 Å². The number of anilines is 2. The molecule has 0 aliphatic carbocycles. The fourth-order valence-electron chi connectivity index (χ4n) is 3.76. The van der Waals surface area contributed by atoms with E-state index in [0.29, 0.717) is 37.3 Å². The molecular weight excluding hydrogens is 456 g/mol. The topological polar surface area (TPSA) is 139 Å². The third-order valence-corrected chi connectivity index (χ3v) is 7.42. The lowest BCUT2D eigenvalue weighted by atomic mass is 10.1. The van der Waals surface area contributed by atoms with Gasteiger partial charge in [0.25, 0.3) is 15.7 Å². The van der Waals surface area contributed by atoms with Gasteiger partial charge in [-0.05, 0) is 50.5 Å². The van der Waals surface area contributed by atoms with Crippen LogP contribution in [0.15, 0.2) is 41.3 Å². The summed E-state index contributed by atoms with van der Waals surface area (Å²) in [7, 11) is -7.36. The molecule has 2 aromatic carbocycles. The average molecular weight is 483 g/mol. The van der Waals surface area contributed by atoms with Gasteiger partial charge in [0, 0.05) is 25.2 Å². The third-order valence-electron chi connectivity index (χ3n) is 5.30. The van der Waals surface area contributed by atoms with Crippen molar-refractivity contribution in [3.8, 4) is 0 Å². The molecule has 32 heavy (non-hydrogen) atoms. The third kappa shape index (κ3) is 5.75. The summed E-state index contributed by atoms with van der Waals surface area (Å²) in [5.74, 6) is 0. The number of benzene rings is 2. The number of hydrogen-bond donors (Lipinski definition) is 2. The average Bonchev–Trinajstić information content (AvgIpc) is 2.69. The molecule has 0 amide bonds. The van der Waals surface area contributed by atoms with Crippen molar-refractivity contribution in [3.05, 3.63) is 57.6 Å². The van der Waals surface area contributed by atoms with E-state index >= 15 is 0 Å². The molecule has 10 nitrogen and oxygen atoms in total. The molecule has 1 aliphatic rings. The summed E-state index contributed by atoms with van der Waals surface area (Å²) in [6, 6.07) is 8.86. The summed E-state index contributed by atoms with van der Waals surface area (Å²) < 4.78 is 53.6. The maximum atomic E-state index is 12.9. The van der Waals surface area contributed by atoms with Crippen LogP contribution in [-0.4, -0.2) is 47.1 Å². The van der Waals surface area contributed by atoms with Gasteiger partial charge in [-0.1, -0.05) is 17.7 Å².